The van der Waals surface area contributed by atoms with Gasteiger partial charge in [-0.15, -0.1) is 0 Å². The molecule has 2 fully saturated rings. The van der Waals surface area contributed by atoms with Crippen molar-refractivity contribution in [2.45, 2.75) is 25.7 Å². The van der Waals surface area contributed by atoms with Gasteiger partial charge in [-0.25, -0.2) is 0 Å². The van der Waals surface area contributed by atoms with Gasteiger partial charge in [-0.2, -0.15) is 0 Å². The smallest absolute Gasteiger partial charge is 0.0490 e. The molecule has 0 spiro atoms. The van der Waals surface area contributed by atoms with Crippen LogP contribution in [-0.4, -0.2) is 23.4 Å². The lowest BCUT2D eigenvalue weighted by Gasteiger charge is -2.41. The quantitative estimate of drug-likeness (QED) is 0.634. The fourth-order valence-corrected chi connectivity index (χ4v) is 2.48. The monoisotopic (exact) mass is 156 g/mol. The Kier molecular flexibility index (Phi) is 1.69. The highest BCUT2D eigenvalue weighted by molar-refractivity contribution is 5.03. The van der Waals surface area contributed by atoms with Crippen LogP contribution in [0.3, 0.4) is 0 Å². The zero-order chi connectivity index (χ0) is 7.90. The molecule has 0 saturated heterocycles. The molecule has 11 heavy (non-hydrogen) atoms. The summed E-state index contributed by atoms with van der Waals surface area (Å²) in [4.78, 5) is 0. The van der Waals surface area contributed by atoms with Gasteiger partial charge in [-0.1, -0.05) is 6.42 Å². The normalized spacial score (nSPS) is 39.8. The van der Waals surface area contributed by atoms with Crippen LogP contribution in [0.15, 0.2) is 0 Å². The van der Waals surface area contributed by atoms with Gasteiger partial charge >= 0.3 is 0 Å². The van der Waals surface area contributed by atoms with Crippen LogP contribution in [0.5, 0.6) is 0 Å². The molecule has 0 radical (unpaired) electrons. The Morgan fingerprint density at radius 3 is 2.27 bits per heavy atom. The van der Waals surface area contributed by atoms with Crippen molar-refractivity contribution >= 4 is 0 Å². The molecule has 0 bridgehead atoms. The van der Waals surface area contributed by atoms with Crippen molar-refractivity contribution in [1.82, 2.24) is 0 Å². The lowest BCUT2D eigenvalue weighted by atomic mass is 9.65. The number of rotatable bonds is 3. The summed E-state index contributed by atoms with van der Waals surface area (Å²) < 4.78 is 0. The summed E-state index contributed by atoms with van der Waals surface area (Å²) in [5.41, 5.74) is 0.243. The molecule has 0 amide bonds. The van der Waals surface area contributed by atoms with Crippen molar-refractivity contribution in [3.63, 3.8) is 0 Å². The van der Waals surface area contributed by atoms with Crippen LogP contribution in [0, 0.1) is 17.3 Å². The van der Waals surface area contributed by atoms with E-state index in [9.17, 15) is 5.11 Å². The predicted molar refractivity (Wildman–Crippen MR) is 42.1 cm³/mol. The van der Waals surface area contributed by atoms with Crippen LogP contribution in [0.2, 0.25) is 0 Å². The van der Waals surface area contributed by atoms with E-state index in [0.717, 1.165) is 6.42 Å². The van der Waals surface area contributed by atoms with Gasteiger partial charge < -0.3 is 10.2 Å². The van der Waals surface area contributed by atoms with E-state index < -0.39 is 0 Å². The fourth-order valence-electron chi connectivity index (χ4n) is 2.48. The van der Waals surface area contributed by atoms with Crippen LogP contribution in [0.1, 0.15) is 25.7 Å². The van der Waals surface area contributed by atoms with Gasteiger partial charge in [0.25, 0.3) is 0 Å². The van der Waals surface area contributed by atoms with Crippen LogP contribution in [-0.2, 0) is 0 Å². The van der Waals surface area contributed by atoms with Gasteiger partial charge in [0.1, 0.15) is 0 Å². The maximum Gasteiger partial charge on any atom is 0.0490 e. The number of aliphatic hydroxyl groups is 2. The van der Waals surface area contributed by atoms with E-state index in [0.29, 0.717) is 25.0 Å². The Labute approximate surface area is 67.2 Å². The van der Waals surface area contributed by atoms with Gasteiger partial charge in [0.2, 0.25) is 0 Å². The summed E-state index contributed by atoms with van der Waals surface area (Å²) in [5, 5.41) is 18.1. The Hall–Kier alpha value is -0.0800. The minimum absolute atomic E-state index is 0.243. The van der Waals surface area contributed by atoms with Crippen molar-refractivity contribution in [3.05, 3.63) is 0 Å². The topological polar surface area (TPSA) is 40.5 Å². The predicted octanol–water partition coefficient (Wildman–Crippen LogP) is 0.777. The molecule has 0 aromatic rings. The highest BCUT2D eigenvalue weighted by Gasteiger charge is 2.54. The third kappa shape index (κ3) is 1.00. The number of aliphatic hydroxyl groups excluding tert-OH is 2. The standard InChI is InChI=1S/C9H16O2/c10-5-7-4-8(7)9(6-11)2-1-3-9/h7-8,10-11H,1-6H2. The molecule has 64 valence electrons. The molecule has 2 saturated carbocycles. The van der Waals surface area contributed by atoms with E-state index in [4.69, 9.17) is 5.11 Å². The average molecular weight is 156 g/mol. The number of hydrogen-bond acceptors (Lipinski definition) is 2. The second-order valence-corrected chi connectivity index (χ2v) is 4.16. The van der Waals surface area contributed by atoms with Crippen molar-refractivity contribution in [2.75, 3.05) is 13.2 Å². The van der Waals surface area contributed by atoms with Crippen LogP contribution >= 0.6 is 0 Å². The zero-order valence-electron chi connectivity index (χ0n) is 6.79. The van der Waals surface area contributed by atoms with E-state index in [1.165, 1.54) is 19.3 Å². The largest absolute Gasteiger partial charge is 0.396 e. The molecule has 2 N–H and O–H groups in total. The van der Waals surface area contributed by atoms with E-state index in [2.05, 4.69) is 0 Å². The van der Waals surface area contributed by atoms with Gasteiger partial charge in [0.05, 0.1) is 0 Å². The third-order valence-electron chi connectivity index (χ3n) is 3.61. The van der Waals surface area contributed by atoms with Crippen LogP contribution < -0.4 is 0 Å². The van der Waals surface area contributed by atoms with Gasteiger partial charge in [-0.05, 0) is 36.5 Å². The minimum atomic E-state index is 0.243. The minimum Gasteiger partial charge on any atom is -0.396 e. The summed E-state index contributed by atoms with van der Waals surface area (Å²) in [6, 6.07) is 0. The molecule has 2 heteroatoms. The molecule has 2 unspecified atom stereocenters. The van der Waals surface area contributed by atoms with Gasteiger partial charge in [0.15, 0.2) is 0 Å². The van der Waals surface area contributed by atoms with E-state index in [1.54, 1.807) is 0 Å². The number of hydrogen-bond donors (Lipinski definition) is 2. The van der Waals surface area contributed by atoms with Gasteiger partial charge in [0, 0.05) is 13.2 Å². The summed E-state index contributed by atoms with van der Waals surface area (Å²) in [6.07, 6.45) is 4.79. The summed E-state index contributed by atoms with van der Waals surface area (Å²) in [5.74, 6) is 1.16. The van der Waals surface area contributed by atoms with Crippen molar-refractivity contribution in [2.24, 2.45) is 17.3 Å². The third-order valence-corrected chi connectivity index (χ3v) is 3.61. The second kappa shape index (κ2) is 2.46. The molecule has 2 atom stereocenters. The maximum atomic E-state index is 9.18. The lowest BCUT2D eigenvalue weighted by Crippen LogP contribution is -2.36. The maximum absolute atomic E-state index is 9.18. The molecule has 0 aromatic heterocycles. The molecule has 2 aliphatic carbocycles. The van der Waals surface area contributed by atoms with E-state index >= 15 is 0 Å². The highest BCUT2D eigenvalue weighted by atomic mass is 16.3. The Balaban J connectivity index is 1.93. The second-order valence-electron chi connectivity index (χ2n) is 4.16. The van der Waals surface area contributed by atoms with Crippen LogP contribution in [0.4, 0.5) is 0 Å². The van der Waals surface area contributed by atoms with Gasteiger partial charge in [-0.3, -0.25) is 0 Å². The van der Waals surface area contributed by atoms with Crippen molar-refractivity contribution in [1.29, 1.82) is 0 Å². The summed E-state index contributed by atoms with van der Waals surface area (Å²) in [7, 11) is 0. The first-order chi connectivity index (χ1) is 5.32. The molecule has 0 aliphatic heterocycles. The van der Waals surface area contributed by atoms with Crippen molar-refractivity contribution in [3.8, 4) is 0 Å². The first kappa shape index (κ1) is 7.56. The molecule has 2 nitrogen and oxygen atoms in total. The molecule has 0 heterocycles. The summed E-state index contributed by atoms with van der Waals surface area (Å²) >= 11 is 0. The zero-order valence-corrected chi connectivity index (χ0v) is 6.79. The van der Waals surface area contributed by atoms with Crippen molar-refractivity contribution < 1.29 is 10.2 Å². The first-order valence-electron chi connectivity index (χ1n) is 4.54. The Morgan fingerprint density at radius 1 is 1.27 bits per heavy atom. The first-order valence-corrected chi connectivity index (χ1v) is 4.54. The molecular formula is C9H16O2. The molecule has 2 aliphatic rings. The molecule has 0 aromatic carbocycles. The Bertz CT molecular complexity index is 146. The molecule has 2 rings (SSSR count). The Morgan fingerprint density at radius 2 is 2.00 bits per heavy atom. The van der Waals surface area contributed by atoms with Crippen LogP contribution in [0.25, 0.3) is 0 Å². The van der Waals surface area contributed by atoms with E-state index in [-0.39, 0.29) is 5.41 Å². The summed E-state index contributed by atoms with van der Waals surface area (Å²) in [6.45, 7) is 0.667. The highest BCUT2D eigenvalue weighted by Crippen LogP contribution is 2.59. The fraction of sp³-hybridized carbons (Fsp3) is 1.00. The molecular weight excluding hydrogens is 140 g/mol. The SMILES string of the molecule is OCC1CC1C1(CO)CCC1. The lowest BCUT2D eigenvalue weighted by molar-refractivity contribution is 0.0143. The van der Waals surface area contributed by atoms with E-state index in [1.807, 2.05) is 0 Å². The average Bonchev–Trinajstić information content (AvgIpc) is 2.67.